The molecule has 2 aromatic heterocycles. The molecule has 0 saturated carbocycles. The molecule has 43 heavy (non-hydrogen) atoms. The third kappa shape index (κ3) is 9.17. The second-order valence-corrected chi connectivity index (χ2v) is 11.3. The van der Waals surface area contributed by atoms with E-state index in [1.807, 2.05) is 67.0 Å². The summed E-state index contributed by atoms with van der Waals surface area (Å²) < 4.78 is 11.2. The molecular formula is C33H38Cl2N6O2. The Hall–Kier alpha value is -4.14. The smallest absolute Gasteiger partial charge is 0.139 e. The van der Waals surface area contributed by atoms with Gasteiger partial charge >= 0.3 is 0 Å². The van der Waals surface area contributed by atoms with Gasteiger partial charge in [-0.05, 0) is 70.2 Å². The zero-order chi connectivity index (χ0) is 30.8. The summed E-state index contributed by atoms with van der Waals surface area (Å²) in [5.74, 6) is 2.20. The number of rotatable bonds is 11. The number of aromatic nitrogens is 4. The van der Waals surface area contributed by atoms with Crippen LogP contribution in [-0.4, -0.2) is 39.1 Å². The van der Waals surface area contributed by atoms with E-state index in [-0.39, 0.29) is 0 Å². The van der Waals surface area contributed by atoms with E-state index in [0.29, 0.717) is 27.9 Å². The summed E-state index contributed by atoms with van der Waals surface area (Å²) >= 11 is 12.1. The molecule has 5 aromatic rings. The molecule has 0 bridgehead atoms. The van der Waals surface area contributed by atoms with Gasteiger partial charge in [0.25, 0.3) is 0 Å². The first-order valence-electron chi connectivity index (χ1n) is 14.1. The van der Waals surface area contributed by atoms with E-state index in [9.17, 15) is 0 Å². The van der Waals surface area contributed by atoms with Gasteiger partial charge in [0, 0.05) is 53.0 Å². The summed E-state index contributed by atoms with van der Waals surface area (Å²) in [5.41, 5.74) is 4.32. The molecule has 0 aliphatic rings. The van der Waals surface area contributed by atoms with Crippen molar-refractivity contribution in [3.05, 3.63) is 113 Å². The SMILES string of the molecule is CC(C)N(Cc1cnc[nH]1)c1cccc(Oc2cccc(Cl)c2)c1.COc1cc(N(Cc2cnc[nH]2)C(C)C)ccc1Cl. The number of aromatic amines is 2. The Balaban J connectivity index is 0.000000203. The minimum atomic E-state index is 0.342. The Morgan fingerprint density at radius 1 is 0.721 bits per heavy atom. The van der Waals surface area contributed by atoms with E-state index in [0.717, 1.165) is 47.4 Å². The molecule has 0 aliphatic carbocycles. The molecule has 0 spiro atoms. The van der Waals surface area contributed by atoms with Crippen LogP contribution in [0.3, 0.4) is 0 Å². The fraction of sp³-hybridized carbons (Fsp3) is 0.273. The lowest BCUT2D eigenvalue weighted by Gasteiger charge is -2.29. The highest BCUT2D eigenvalue weighted by Crippen LogP contribution is 2.31. The van der Waals surface area contributed by atoms with Gasteiger partial charge in [0.15, 0.2) is 0 Å². The van der Waals surface area contributed by atoms with Crippen molar-refractivity contribution >= 4 is 34.6 Å². The number of hydrogen-bond acceptors (Lipinski definition) is 6. The number of benzene rings is 3. The molecule has 5 rings (SSSR count). The number of anilines is 2. The Bertz CT molecular complexity index is 1540. The fourth-order valence-electron chi connectivity index (χ4n) is 4.47. The summed E-state index contributed by atoms with van der Waals surface area (Å²) in [6.07, 6.45) is 7.08. The summed E-state index contributed by atoms with van der Waals surface area (Å²) in [6, 6.07) is 22.0. The highest BCUT2D eigenvalue weighted by molar-refractivity contribution is 6.32. The van der Waals surface area contributed by atoms with Gasteiger partial charge in [0.1, 0.15) is 17.2 Å². The number of imidazole rings is 2. The van der Waals surface area contributed by atoms with Crippen LogP contribution in [0.25, 0.3) is 0 Å². The van der Waals surface area contributed by atoms with Crippen LogP contribution in [-0.2, 0) is 13.1 Å². The van der Waals surface area contributed by atoms with E-state index >= 15 is 0 Å². The molecular weight excluding hydrogens is 583 g/mol. The molecule has 10 heteroatoms. The predicted molar refractivity (Wildman–Crippen MR) is 176 cm³/mol. The monoisotopic (exact) mass is 620 g/mol. The zero-order valence-electron chi connectivity index (χ0n) is 25.1. The lowest BCUT2D eigenvalue weighted by molar-refractivity contribution is 0.415. The Labute approximate surface area is 263 Å². The van der Waals surface area contributed by atoms with E-state index in [1.54, 1.807) is 25.8 Å². The number of H-pyrrole nitrogens is 2. The highest BCUT2D eigenvalue weighted by Gasteiger charge is 2.15. The van der Waals surface area contributed by atoms with Crippen LogP contribution in [0.1, 0.15) is 39.1 Å². The van der Waals surface area contributed by atoms with Crippen LogP contribution in [0.15, 0.2) is 91.8 Å². The Morgan fingerprint density at radius 3 is 1.79 bits per heavy atom. The van der Waals surface area contributed by atoms with Gasteiger partial charge in [0.2, 0.25) is 0 Å². The third-order valence-electron chi connectivity index (χ3n) is 6.69. The van der Waals surface area contributed by atoms with Gasteiger partial charge < -0.3 is 29.2 Å². The first-order valence-corrected chi connectivity index (χ1v) is 14.8. The second-order valence-electron chi connectivity index (χ2n) is 10.5. The normalized spacial score (nSPS) is 10.8. The minimum absolute atomic E-state index is 0.342. The van der Waals surface area contributed by atoms with Crippen LogP contribution in [0, 0.1) is 0 Å². The van der Waals surface area contributed by atoms with Crippen molar-refractivity contribution in [3.63, 3.8) is 0 Å². The summed E-state index contributed by atoms with van der Waals surface area (Å²) in [6.45, 7) is 10.2. The topological polar surface area (TPSA) is 82.3 Å². The van der Waals surface area contributed by atoms with Crippen LogP contribution in [0.4, 0.5) is 11.4 Å². The second kappa shape index (κ2) is 15.4. The van der Waals surface area contributed by atoms with E-state index in [4.69, 9.17) is 32.7 Å². The molecule has 0 saturated heterocycles. The van der Waals surface area contributed by atoms with Crippen LogP contribution >= 0.6 is 23.2 Å². The number of nitrogens with one attached hydrogen (secondary N) is 2. The quantitative estimate of drug-likeness (QED) is 0.154. The zero-order valence-corrected chi connectivity index (χ0v) is 26.6. The molecule has 0 amide bonds. The average Bonchev–Trinajstić information content (AvgIpc) is 3.70. The summed E-state index contributed by atoms with van der Waals surface area (Å²) in [7, 11) is 1.62. The molecule has 2 N–H and O–H groups in total. The number of nitrogens with zero attached hydrogens (tertiary/aromatic N) is 4. The van der Waals surface area contributed by atoms with Gasteiger partial charge in [-0.1, -0.05) is 35.3 Å². The number of halogens is 2. The van der Waals surface area contributed by atoms with Gasteiger partial charge in [-0.3, -0.25) is 0 Å². The maximum absolute atomic E-state index is 6.06. The molecule has 2 heterocycles. The first-order chi connectivity index (χ1) is 20.7. The van der Waals surface area contributed by atoms with Crippen molar-refractivity contribution in [1.82, 2.24) is 19.9 Å². The van der Waals surface area contributed by atoms with Crippen molar-refractivity contribution in [2.75, 3.05) is 16.9 Å². The maximum Gasteiger partial charge on any atom is 0.139 e. The maximum atomic E-state index is 6.06. The Kier molecular flexibility index (Phi) is 11.4. The number of methoxy groups -OCH3 is 1. The van der Waals surface area contributed by atoms with Crippen molar-refractivity contribution < 1.29 is 9.47 Å². The van der Waals surface area contributed by atoms with E-state index in [2.05, 4.69) is 63.5 Å². The van der Waals surface area contributed by atoms with E-state index in [1.165, 1.54) is 0 Å². The van der Waals surface area contributed by atoms with Crippen molar-refractivity contribution in [1.29, 1.82) is 0 Å². The molecule has 8 nitrogen and oxygen atoms in total. The largest absolute Gasteiger partial charge is 0.495 e. The molecule has 0 atom stereocenters. The molecule has 0 fully saturated rings. The minimum Gasteiger partial charge on any atom is -0.495 e. The van der Waals surface area contributed by atoms with Crippen LogP contribution < -0.4 is 19.3 Å². The summed E-state index contributed by atoms with van der Waals surface area (Å²) in [4.78, 5) is 19.0. The van der Waals surface area contributed by atoms with Crippen LogP contribution in [0.2, 0.25) is 10.0 Å². The van der Waals surface area contributed by atoms with Gasteiger partial charge in [0.05, 0.1) is 49.3 Å². The molecule has 3 aromatic carbocycles. The summed E-state index contributed by atoms with van der Waals surface area (Å²) in [5, 5.41) is 1.28. The van der Waals surface area contributed by atoms with E-state index < -0.39 is 0 Å². The molecule has 0 aliphatic heterocycles. The molecule has 0 radical (unpaired) electrons. The van der Waals surface area contributed by atoms with Gasteiger partial charge in [-0.25, -0.2) is 9.97 Å². The van der Waals surface area contributed by atoms with Gasteiger partial charge in [-0.2, -0.15) is 0 Å². The average molecular weight is 622 g/mol. The Morgan fingerprint density at radius 2 is 1.28 bits per heavy atom. The lowest BCUT2D eigenvalue weighted by Crippen LogP contribution is -2.30. The number of ether oxygens (including phenoxy) is 2. The van der Waals surface area contributed by atoms with Gasteiger partial charge in [-0.15, -0.1) is 0 Å². The first kappa shape index (κ1) is 31.8. The van der Waals surface area contributed by atoms with Crippen LogP contribution in [0.5, 0.6) is 17.2 Å². The molecule has 226 valence electrons. The van der Waals surface area contributed by atoms with Crippen molar-refractivity contribution in [3.8, 4) is 17.2 Å². The standard InChI is InChI=1S/C19H20ClN3O.C14H18ClN3O/c1-14(2)23(12-16-11-21-13-22-16)17-6-4-8-19(10-17)24-18-7-3-5-15(20)9-18;1-10(2)18(8-11-7-16-9-17-11)12-4-5-13(15)14(6-12)19-3/h3-11,13-14H,12H2,1-2H3,(H,21,22);4-7,9-10H,8H2,1-3H3,(H,16,17). The predicted octanol–water partition coefficient (Wildman–Crippen LogP) is 8.76. The number of hydrogen-bond donors (Lipinski definition) is 2. The van der Waals surface area contributed by atoms with Crippen molar-refractivity contribution in [2.24, 2.45) is 0 Å². The van der Waals surface area contributed by atoms with Crippen molar-refractivity contribution in [2.45, 2.75) is 52.9 Å². The highest BCUT2D eigenvalue weighted by atomic mass is 35.5. The fourth-order valence-corrected chi connectivity index (χ4v) is 4.85. The third-order valence-corrected chi connectivity index (χ3v) is 7.23. The lowest BCUT2D eigenvalue weighted by atomic mass is 10.2. The molecule has 0 unspecified atom stereocenters.